The molecular formula is C17H25N5O3S. The second-order valence-corrected chi connectivity index (χ2v) is 7.78. The minimum absolute atomic E-state index is 0.107. The maximum Gasteiger partial charge on any atom is 0.0967 e. The maximum absolute atomic E-state index is 10.2. The highest BCUT2D eigenvalue weighted by Gasteiger charge is 2.36. The summed E-state index contributed by atoms with van der Waals surface area (Å²) in [5.74, 6) is 0. The summed E-state index contributed by atoms with van der Waals surface area (Å²) in [5.41, 5.74) is 0.952. The van der Waals surface area contributed by atoms with Crippen molar-refractivity contribution in [3.63, 3.8) is 0 Å². The van der Waals surface area contributed by atoms with Gasteiger partial charge in [0.25, 0.3) is 0 Å². The Kier molecular flexibility index (Phi) is 5.93. The van der Waals surface area contributed by atoms with Crippen molar-refractivity contribution in [2.45, 2.75) is 37.9 Å². The van der Waals surface area contributed by atoms with Crippen LogP contribution in [0.5, 0.6) is 0 Å². The lowest BCUT2D eigenvalue weighted by Gasteiger charge is -2.25. The van der Waals surface area contributed by atoms with Crippen LogP contribution in [0.2, 0.25) is 0 Å². The lowest BCUT2D eigenvalue weighted by atomic mass is 10.1. The van der Waals surface area contributed by atoms with E-state index in [0.717, 1.165) is 45.1 Å². The van der Waals surface area contributed by atoms with Crippen LogP contribution in [0, 0.1) is 0 Å². The molecule has 9 heteroatoms. The zero-order chi connectivity index (χ0) is 17.8. The SMILES string of the molecule is O[C@H]1CO[C@H](Cn2cc(CN3CCOCC3)nn2)[C@@H]1NCc1cccs1. The predicted molar refractivity (Wildman–Crippen MR) is 96.8 cm³/mol. The Bertz CT molecular complexity index is 674. The van der Waals surface area contributed by atoms with Crippen LogP contribution < -0.4 is 5.32 Å². The molecule has 2 aliphatic rings. The first kappa shape index (κ1) is 18.0. The Morgan fingerprint density at radius 3 is 3.04 bits per heavy atom. The van der Waals surface area contributed by atoms with Crippen molar-refractivity contribution in [3.05, 3.63) is 34.3 Å². The molecule has 8 nitrogen and oxygen atoms in total. The number of aromatic nitrogens is 3. The van der Waals surface area contributed by atoms with Gasteiger partial charge in [-0.15, -0.1) is 16.4 Å². The molecule has 0 bridgehead atoms. The molecule has 26 heavy (non-hydrogen) atoms. The first-order valence-corrected chi connectivity index (χ1v) is 9.90. The third kappa shape index (κ3) is 4.48. The zero-order valence-corrected chi connectivity index (χ0v) is 15.5. The molecule has 0 aliphatic carbocycles. The van der Waals surface area contributed by atoms with Crippen LogP contribution in [0.4, 0.5) is 0 Å². The van der Waals surface area contributed by atoms with Gasteiger partial charge in [0.1, 0.15) is 0 Å². The van der Waals surface area contributed by atoms with Crippen LogP contribution in [0.1, 0.15) is 10.6 Å². The fourth-order valence-corrected chi connectivity index (χ4v) is 4.07. The number of aliphatic hydroxyl groups is 1. The zero-order valence-electron chi connectivity index (χ0n) is 14.7. The molecule has 0 unspecified atom stereocenters. The highest BCUT2D eigenvalue weighted by atomic mass is 32.1. The summed E-state index contributed by atoms with van der Waals surface area (Å²) in [5, 5.41) is 24.2. The first-order valence-electron chi connectivity index (χ1n) is 9.02. The molecule has 4 heterocycles. The summed E-state index contributed by atoms with van der Waals surface area (Å²) in [6.07, 6.45) is 1.35. The van der Waals surface area contributed by atoms with Gasteiger partial charge in [-0.3, -0.25) is 4.90 Å². The van der Waals surface area contributed by atoms with Crippen LogP contribution in [0.3, 0.4) is 0 Å². The van der Waals surface area contributed by atoms with Crippen LogP contribution in [-0.2, 0) is 29.1 Å². The largest absolute Gasteiger partial charge is 0.389 e. The number of rotatable bonds is 7. The average Bonchev–Trinajstić information content (AvgIpc) is 3.38. The van der Waals surface area contributed by atoms with E-state index in [1.54, 1.807) is 11.3 Å². The number of aliphatic hydroxyl groups excluding tert-OH is 1. The molecule has 0 spiro atoms. The van der Waals surface area contributed by atoms with Gasteiger partial charge in [0.05, 0.1) is 50.3 Å². The third-order valence-corrected chi connectivity index (χ3v) is 5.71. The quantitative estimate of drug-likeness (QED) is 0.705. The molecule has 0 aromatic carbocycles. The molecule has 2 fully saturated rings. The summed E-state index contributed by atoms with van der Waals surface area (Å²) in [6.45, 7) is 5.87. The first-order chi connectivity index (χ1) is 12.8. The Morgan fingerprint density at radius 2 is 2.23 bits per heavy atom. The van der Waals surface area contributed by atoms with E-state index in [-0.39, 0.29) is 12.1 Å². The Hall–Kier alpha value is -1.36. The van der Waals surface area contributed by atoms with E-state index in [1.165, 1.54) is 4.88 Å². The van der Waals surface area contributed by atoms with E-state index in [9.17, 15) is 5.11 Å². The second-order valence-electron chi connectivity index (χ2n) is 6.75. The van der Waals surface area contributed by atoms with Gasteiger partial charge < -0.3 is 19.9 Å². The van der Waals surface area contributed by atoms with E-state index < -0.39 is 6.10 Å². The van der Waals surface area contributed by atoms with E-state index in [0.29, 0.717) is 13.2 Å². The highest BCUT2D eigenvalue weighted by molar-refractivity contribution is 7.09. The lowest BCUT2D eigenvalue weighted by molar-refractivity contribution is 0.0336. The van der Waals surface area contributed by atoms with E-state index in [1.807, 2.05) is 16.9 Å². The fourth-order valence-electron chi connectivity index (χ4n) is 3.42. The number of nitrogens with zero attached hydrogens (tertiary/aromatic N) is 4. The molecule has 2 aliphatic heterocycles. The van der Waals surface area contributed by atoms with Gasteiger partial charge in [-0.1, -0.05) is 11.3 Å². The smallest absolute Gasteiger partial charge is 0.0967 e. The summed E-state index contributed by atoms with van der Waals surface area (Å²) in [7, 11) is 0. The Morgan fingerprint density at radius 1 is 1.35 bits per heavy atom. The van der Waals surface area contributed by atoms with Crippen LogP contribution in [-0.4, -0.2) is 76.2 Å². The topological polar surface area (TPSA) is 84.7 Å². The van der Waals surface area contributed by atoms with Gasteiger partial charge in [-0.2, -0.15) is 0 Å². The molecule has 2 aromatic heterocycles. The van der Waals surface area contributed by atoms with E-state index >= 15 is 0 Å². The van der Waals surface area contributed by atoms with E-state index in [2.05, 4.69) is 32.0 Å². The summed E-state index contributed by atoms with van der Waals surface area (Å²) < 4.78 is 13.0. The normalized spacial score (nSPS) is 27.2. The van der Waals surface area contributed by atoms with Crippen molar-refractivity contribution in [1.82, 2.24) is 25.2 Å². The predicted octanol–water partition coefficient (Wildman–Crippen LogP) is 0.0899. The molecule has 0 saturated carbocycles. The van der Waals surface area contributed by atoms with Crippen LogP contribution in [0.25, 0.3) is 0 Å². The van der Waals surface area contributed by atoms with Crippen molar-refractivity contribution in [2.24, 2.45) is 0 Å². The van der Waals surface area contributed by atoms with Crippen molar-refractivity contribution < 1.29 is 14.6 Å². The van der Waals surface area contributed by atoms with Gasteiger partial charge in [0.2, 0.25) is 0 Å². The molecular weight excluding hydrogens is 354 g/mol. The lowest BCUT2D eigenvalue weighted by Crippen LogP contribution is -2.44. The monoisotopic (exact) mass is 379 g/mol. The molecule has 2 aromatic rings. The summed E-state index contributed by atoms with van der Waals surface area (Å²) in [6, 6.07) is 4.01. The van der Waals surface area contributed by atoms with Crippen LogP contribution in [0.15, 0.2) is 23.7 Å². The second kappa shape index (κ2) is 8.55. The molecule has 2 saturated heterocycles. The number of hydrogen-bond acceptors (Lipinski definition) is 8. The molecule has 0 amide bonds. The Balaban J connectivity index is 1.32. The van der Waals surface area contributed by atoms with Crippen molar-refractivity contribution in [1.29, 1.82) is 0 Å². The van der Waals surface area contributed by atoms with Gasteiger partial charge in [0, 0.05) is 37.3 Å². The number of ether oxygens (including phenoxy) is 2. The Labute approximate surface area is 156 Å². The molecule has 3 atom stereocenters. The van der Waals surface area contributed by atoms with Gasteiger partial charge in [-0.25, -0.2) is 4.68 Å². The molecule has 4 rings (SSSR count). The number of thiophene rings is 1. The molecule has 2 N–H and O–H groups in total. The van der Waals surface area contributed by atoms with Crippen molar-refractivity contribution in [3.8, 4) is 0 Å². The van der Waals surface area contributed by atoms with Gasteiger partial charge in [-0.05, 0) is 11.4 Å². The number of morpholine rings is 1. The van der Waals surface area contributed by atoms with Gasteiger partial charge >= 0.3 is 0 Å². The molecule has 142 valence electrons. The third-order valence-electron chi connectivity index (χ3n) is 4.83. The highest BCUT2D eigenvalue weighted by Crippen LogP contribution is 2.18. The number of hydrogen-bond donors (Lipinski definition) is 2. The standard InChI is InChI=1S/C17H25N5O3S/c23-15-12-25-16(17(15)18-8-14-2-1-7-26-14)11-22-10-13(19-20-22)9-21-3-5-24-6-4-21/h1-2,7,10,15-18,23H,3-6,8-9,11-12H2/t15-,16+,17+/m0/s1. The van der Waals surface area contributed by atoms with Gasteiger partial charge in [0.15, 0.2) is 0 Å². The maximum atomic E-state index is 10.2. The minimum atomic E-state index is -0.503. The summed E-state index contributed by atoms with van der Waals surface area (Å²) in [4.78, 5) is 3.57. The fraction of sp³-hybridized carbons (Fsp3) is 0.647. The minimum Gasteiger partial charge on any atom is -0.389 e. The van der Waals surface area contributed by atoms with E-state index in [4.69, 9.17) is 9.47 Å². The van der Waals surface area contributed by atoms with Crippen molar-refractivity contribution >= 4 is 11.3 Å². The molecule has 0 radical (unpaired) electrons. The number of nitrogens with one attached hydrogen (secondary N) is 1. The summed E-state index contributed by atoms with van der Waals surface area (Å²) >= 11 is 1.71. The average molecular weight is 379 g/mol. The van der Waals surface area contributed by atoms with Crippen LogP contribution >= 0.6 is 11.3 Å². The van der Waals surface area contributed by atoms with Crippen molar-refractivity contribution in [2.75, 3.05) is 32.9 Å².